The normalized spacial score (nSPS) is 10.2. The van der Waals surface area contributed by atoms with Crippen LogP contribution in [-0.4, -0.2) is 9.97 Å². The molecule has 0 aliphatic heterocycles. The number of rotatable bonds is 2. The summed E-state index contributed by atoms with van der Waals surface area (Å²) in [6, 6.07) is 23.2. The Hall–Kier alpha value is -4.02. The Bertz CT molecular complexity index is 1080. The summed E-state index contributed by atoms with van der Waals surface area (Å²) in [4.78, 5) is 9.08. The van der Waals surface area contributed by atoms with Crippen molar-refractivity contribution >= 4 is 11.0 Å². The third kappa shape index (κ3) is 2.66. The number of benzene rings is 3. The Morgan fingerprint density at radius 1 is 0.538 bits per heavy atom. The van der Waals surface area contributed by atoms with Gasteiger partial charge in [-0.05, 0) is 35.4 Å². The Morgan fingerprint density at radius 2 is 0.923 bits per heavy atom. The molecule has 0 atom stereocenters. The van der Waals surface area contributed by atoms with Gasteiger partial charge in [0.1, 0.15) is 0 Å². The van der Waals surface area contributed by atoms with E-state index in [1.54, 1.807) is 36.7 Å². The lowest BCUT2D eigenvalue weighted by Crippen LogP contribution is -1.91. The molecule has 0 spiro atoms. The maximum absolute atomic E-state index is 8.98. The van der Waals surface area contributed by atoms with E-state index in [9.17, 15) is 0 Å². The van der Waals surface area contributed by atoms with E-state index in [-0.39, 0.29) is 0 Å². The highest BCUT2D eigenvalue weighted by atomic mass is 14.8. The largest absolute Gasteiger partial charge is 0.252 e. The van der Waals surface area contributed by atoms with Gasteiger partial charge >= 0.3 is 0 Å². The van der Waals surface area contributed by atoms with E-state index in [1.165, 1.54) is 0 Å². The van der Waals surface area contributed by atoms with Crippen molar-refractivity contribution in [2.45, 2.75) is 0 Å². The SMILES string of the molecule is N#Cc1ccc(-c2ccc(-c3ccc(C#N)cc3)c3nccnc23)cc1. The Morgan fingerprint density at radius 3 is 1.27 bits per heavy atom. The van der Waals surface area contributed by atoms with Crippen molar-refractivity contribution in [3.05, 3.63) is 84.2 Å². The maximum Gasteiger partial charge on any atom is 0.0991 e. The van der Waals surface area contributed by atoms with E-state index >= 15 is 0 Å². The first kappa shape index (κ1) is 15.5. The van der Waals surface area contributed by atoms with Crippen LogP contribution in [0.1, 0.15) is 11.1 Å². The van der Waals surface area contributed by atoms with Crippen LogP contribution < -0.4 is 0 Å². The van der Waals surface area contributed by atoms with E-state index in [4.69, 9.17) is 10.5 Å². The van der Waals surface area contributed by atoms with Gasteiger partial charge < -0.3 is 0 Å². The van der Waals surface area contributed by atoms with Crippen molar-refractivity contribution in [1.29, 1.82) is 10.5 Å². The fraction of sp³-hybridized carbons (Fsp3) is 0. The molecule has 1 aromatic heterocycles. The minimum Gasteiger partial charge on any atom is -0.252 e. The monoisotopic (exact) mass is 332 g/mol. The molecule has 0 bridgehead atoms. The first-order chi connectivity index (χ1) is 12.8. The highest BCUT2D eigenvalue weighted by Crippen LogP contribution is 2.33. The van der Waals surface area contributed by atoms with E-state index in [1.807, 2.05) is 36.4 Å². The van der Waals surface area contributed by atoms with Crippen LogP contribution in [-0.2, 0) is 0 Å². The smallest absolute Gasteiger partial charge is 0.0991 e. The highest BCUT2D eigenvalue weighted by Gasteiger charge is 2.11. The molecule has 3 aromatic carbocycles. The summed E-state index contributed by atoms with van der Waals surface area (Å²) in [5.41, 5.74) is 6.77. The molecule has 0 N–H and O–H groups in total. The minimum atomic E-state index is 0.623. The molecule has 0 radical (unpaired) electrons. The molecular weight excluding hydrogens is 320 g/mol. The van der Waals surface area contributed by atoms with Crippen molar-refractivity contribution in [2.75, 3.05) is 0 Å². The second kappa shape index (κ2) is 6.47. The van der Waals surface area contributed by atoms with Crippen molar-refractivity contribution < 1.29 is 0 Å². The third-order valence-electron chi connectivity index (χ3n) is 4.28. The summed E-state index contributed by atoms with van der Waals surface area (Å²) >= 11 is 0. The second-order valence-corrected chi connectivity index (χ2v) is 5.79. The summed E-state index contributed by atoms with van der Waals surface area (Å²) < 4.78 is 0. The molecule has 1 heterocycles. The maximum atomic E-state index is 8.98. The van der Waals surface area contributed by atoms with Crippen molar-refractivity contribution in [1.82, 2.24) is 9.97 Å². The summed E-state index contributed by atoms with van der Waals surface area (Å²) in [5.74, 6) is 0. The van der Waals surface area contributed by atoms with Crippen molar-refractivity contribution in [2.24, 2.45) is 0 Å². The van der Waals surface area contributed by atoms with Gasteiger partial charge in [-0.15, -0.1) is 0 Å². The lowest BCUT2D eigenvalue weighted by molar-refractivity contribution is 1.29. The molecule has 26 heavy (non-hydrogen) atoms. The van der Waals surface area contributed by atoms with Crippen molar-refractivity contribution in [3.8, 4) is 34.4 Å². The molecule has 0 aliphatic rings. The van der Waals surface area contributed by atoms with E-state index < -0.39 is 0 Å². The van der Waals surface area contributed by atoms with Crippen LogP contribution in [0.5, 0.6) is 0 Å². The molecule has 4 nitrogen and oxygen atoms in total. The standard InChI is InChI=1S/C22H12N4/c23-13-15-1-5-17(6-2-15)19-9-10-20(22-21(19)25-11-12-26-22)18-7-3-16(14-24)4-8-18/h1-12H. The predicted octanol–water partition coefficient (Wildman–Crippen LogP) is 4.71. The van der Waals surface area contributed by atoms with Gasteiger partial charge in [0.2, 0.25) is 0 Å². The first-order valence-corrected chi connectivity index (χ1v) is 8.05. The van der Waals surface area contributed by atoms with Crippen LogP contribution in [0.15, 0.2) is 73.1 Å². The summed E-state index contributed by atoms with van der Waals surface area (Å²) in [6.45, 7) is 0. The average Bonchev–Trinajstić information content (AvgIpc) is 2.73. The molecular formula is C22H12N4. The topological polar surface area (TPSA) is 73.4 Å². The molecule has 0 saturated heterocycles. The predicted molar refractivity (Wildman–Crippen MR) is 99.8 cm³/mol. The van der Waals surface area contributed by atoms with E-state index in [0.29, 0.717) is 11.1 Å². The van der Waals surface area contributed by atoms with Gasteiger partial charge in [0.05, 0.1) is 34.3 Å². The lowest BCUT2D eigenvalue weighted by Gasteiger charge is -2.10. The molecule has 4 aromatic rings. The van der Waals surface area contributed by atoms with Gasteiger partial charge in [0.25, 0.3) is 0 Å². The number of hydrogen-bond donors (Lipinski definition) is 0. The van der Waals surface area contributed by atoms with Crippen LogP contribution in [0.25, 0.3) is 33.3 Å². The number of fused-ring (bicyclic) bond motifs is 1. The lowest BCUT2D eigenvalue weighted by atomic mass is 9.96. The van der Waals surface area contributed by atoms with Gasteiger partial charge in [0, 0.05) is 23.5 Å². The minimum absolute atomic E-state index is 0.623. The Kier molecular flexibility index (Phi) is 3.86. The van der Waals surface area contributed by atoms with Gasteiger partial charge in [-0.3, -0.25) is 9.97 Å². The van der Waals surface area contributed by atoms with Crippen LogP contribution in [0.2, 0.25) is 0 Å². The van der Waals surface area contributed by atoms with Gasteiger partial charge in [0.15, 0.2) is 0 Å². The van der Waals surface area contributed by atoms with Crippen LogP contribution in [0.3, 0.4) is 0 Å². The van der Waals surface area contributed by atoms with E-state index in [2.05, 4.69) is 22.1 Å². The zero-order valence-electron chi connectivity index (χ0n) is 13.7. The number of nitrogens with zero attached hydrogens (tertiary/aromatic N) is 4. The molecule has 0 aliphatic carbocycles. The Balaban J connectivity index is 1.90. The highest BCUT2D eigenvalue weighted by molar-refractivity contribution is 6.00. The summed E-state index contributed by atoms with van der Waals surface area (Å²) in [5, 5.41) is 18.0. The van der Waals surface area contributed by atoms with Crippen molar-refractivity contribution in [3.63, 3.8) is 0 Å². The average molecular weight is 332 g/mol. The van der Waals surface area contributed by atoms with E-state index in [0.717, 1.165) is 33.3 Å². The fourth-order valence-electron chi connectivity index (χ4n) is 2.97. The molecule has 120 valence electrons. The molecule has 0 fully saturated rings. The molecule has 4 rings (SSSR count). The Labute approximate surface area is 150 Å². The van der Waals surface area contributed by atoms with Gasteiger partial charge in [-0.1, -0.05) is 36.4 Å². The number of hydrogen-bond acceptors (Lipinski definition) is 4. The molecule has 4 heteroatoms. The quantitative estimate of drug-likeness (QED) is 0.533. The zero-order valence-corrected chi connectivity index (χ0v) is 13.7. The number of aromatic nitrogens is 2. The van der Waals surface area contributed by atoms with Crippen LogP contribution in [0, 0.1) is 22.7 Å². The van der Waals surface area contributed by atoms with Crippen LogP contribution >= 0.6 is 0 Å². The number of nitriles is 2. The van der Waals surface area contributed by atoms with Gasteiger partial charge in [-0.2, -0.15) is 10.5 Å². The zero-order chi connectivity index (χ0) is 17.9. The molecule has 0 unspecified atom stereocenters. The summed E-state index contributed by atoms with van der Waals surface area (Å²) in [6.07, 6.45) is 3.36. The fourth-order valence-corrected chi connectivity index (χ4v) is 2.97. The second-order valence-electron chi connectivity index (χ2n) is 5.79. The van der Waals surface area contributed by atoms with Crippen LogP contribution in [0.4, 0.5) is 0 Å². The molecule has 0 amide bonds. The summed E-state index contributed by atoms with van der Waals surface area (Å²) in [7, 11) is 0. The third-order valence-corrected chi connectivity index (χ3v) is 4.28. The van der Waals surface area contributed by atoms with Gasteiger partial charge in [-0.25, -0.2) is 0 Å². The first-order valence-electron chi connectivity index (χ1n) is 8.05. The molecule has 0 saturated carbocycles.